The number of carbonyl (C=O) groups is 1. The first kappa shape index (κ1) is 19.2. The molecule has 1 saturated carbocycles. The number of carbonyl (C=O) groups excluding carboxylic acids is 1. The van der Waals surface area contributed by atoms with Crippen LogP contribution >= 0.6 is 12.4 Å². The Kier molecular flexibility index (Phi) is 6.20. The number of fused-ring (bicyclic) bond motifs is 1. The number of hydrogen-bond donors (Lipinski definition) is 1. The highest BCUT2D eigenvalue weighted by molar-refractivity contribution is 5.89. The van der Waals surface area contributed by atoms with Crippen molar-refractivity contribution in [3.63, 3.8) is 0 Å². The average Bonchev–Trinajstić information content (AvgIpc) is 3.46. The van der Waals surface area contributed by atoms with Crippen LogP contribution in [0.5, 0.6) is 0 Å². The molecule has 1 saturated heterocycles. The van der Waals surface area contributed by atoms with Gasteiger partial charge in [0, 0.05) is 19.0 Å². The van der Waals surface area contributed by atoms with Crippen LogP contribution in [0.25, 0.3) is 10.8 Å². The summed E-state index contributed by atoms with van der Waals surface area (Å²) in [5.74, 6) is 1.74. The van der Waals surface area contributed by atoms with Crippen LogP contribution in [0.3, 0.4) is 0 Å². The van der Waals surface area contributed by atoms with E-state index in [4.69, 9.17) is 0 Å². The largest absolute Gasteiger partial charge is 0.342 e. The Morgan fingerprint density at radius 3 is 2.62 bits per heavy atom. The summed E-state index contributed by atoms with van der Waals surface area (Å²) in [5.41, 5.74) is 1.36. The van der Waals surface area contributed by atoms with Gasteiger partial charge in [-0.2, -0.15) is 0 Å². The molecule has 1 aliphatic carbocycles. The summed E-state index contributed by atoms with van der Waals surface area (Å²) in [6.45, 7) is 6.16. The second-order valence-corrected chi connectivity index (χ2v) is 7.59. The lowest BCUT2D eigenvalue weighted by atomic mass is 9.96. The van der Waals surface area contributed by atoms with E-state index in [-0.39, 0.29) is 18.3 Å². The molecule has 2 aliphatic rings. The van der Waals surface area contributed by atoms with Gasteiger partial charge in [-0.1, -0.05) is 49.4 Å². The van der Waals surface area contributed by atoms with E-state index >= 15 is 0 Å². The summed E-state index contributed by atoms with van der Waals surface area (Å²) in [4.78, 5) is 15.0. The molecule has 3 nitrogen and oxygen atoms in total. The Hall–Kier alpha value is -1.58. The second kappa shape index (κ2) is 8.41. The lowest BCUT2D eigenvalue weighted by Gasteiger charge is -2.32. The van der Waals surface area contributed by atoms with Crippen LogP contribution in [-0.2, 0) is 4.79 Å². The molecule has 1 heterocycles. The third kappa shape index (κ3) is 3.89. The third-order valence-corrected chi connectivity index (χ3v) is 5.94. The number of rotatable bonds is 5. The minimum atomic E-state index is 0. The molecular formula is C22H29ClN2O. The van der Waals surface area contributed by atoms with Crippen molar-refractivity contribution in [2.45, 2.75) is 32.1 Å². The number of benzene rings is 2. The van der Waals surface area contributed by atoms with Gasteiger partial charge in [-0.3, -0.25) is 4.79 Å². The maximum absolute atomic E-state index is 12.9. The molecule has 1 N–H and O–H groups in total. The fraction of sp³-hybridized carbons (Fsp3) is 0.500. The maximum atomic E-state index is 12.9. The highest BCUT2D eigenvalue weighted by atomic mass is 35.5. The zero-order valence-corrected chi connectivity index (χ0v) is 16.3. The van der Waals surface area contributed by atoms with E-state index in [1.165, 1.54) is 16.3 Å². The summed E-state index contributed by atoms with van der Waals surface area (Å²) >= 11 is 0. The van der Waals surface area contributed by atoms with Crippen LogP contribution in [0.2, 0.25) is 0 Å². The molecule has 0 spiro atoms. The molecule has 0 radical (unpaired) electrons. The molecule has 2 unspecified atom stereocenters. The van der Waals surface area contributed by atoms with Crippen molar-refractivity contribution in [3.05, 3.63) is 48.0 Å². The van der Waals surface area contributed by atoms with E-state index in [1.54, 1.807) is 0 Å². The molecule has 4 rings (SSSR count). The lowest BCUT2D eigenvalue weighted by Crippen LogP contribution is -2.41. The summed E-state index contributed by atoms with van der Waals surface area (Å²) in [7, 11) is 0. The van der Waals surface area contributed by atoms with Crippen LogP contribution in [-0.4, -0.2) is 37.0 Å². The van der Waals surface area contributed by atoms with Gasteiger partial charge in [0.2, 0.25) is 5.91 Å². The maximum Gasteiger partial charge on any atom is 0.226 e. The van der Waals surface area contributed by atoms with Gasteiger partial charge in [0.25, 0.3) is 0 Å². The minimum absolute atomic E-state index is 0. The Labute approximate surface area is 162 Å². The van der Waals surface area contributed by atoms with E-state index in [2.05, 4.69) is 59.6 Å². The quantitative estimate of drug-likeness (QED) is 0.852. The van der Waals surface area contributed by atoms with Gasteiger partial charge in [0.15, 0.2) is 0 Å². The molecule has 140 valence electrons. The highest BCUT2D eigenvalue weighted by Crippen LogP contribution is 2.50. The molecule has 2 fully saturated rings. The van der Waals surface area contributed by atoms with Crippen molar-refractivity contribution in [3.8, 4) is 0 Å². The molecule has 2 aromatic carbocycles. The van der Waals surface area contributed by atoms with Gasteiger partial charge in [-0.05, 0) is 60.5 Å². The van der Waals surface area contributed by atoms with Gasteiger partial charge in [-0.25, -0.2) is 0 Å². The van der Waals surface area contributed by atoms with Crippen LogP contribution in [0.1, 0.15) is 37.7 Å². The predicted molar refractivity (Wildman–Crippen MR) is 110 cm³/mol. The van der Waals surface area contributed by atoms with E-state index < -0.39 is 0 Å². The Morgan fingerprint density at radius 2 is 1.85 bits per heavy atom. The third-order valence-electron chi connectivity index (χ3n) is 5.94. The molecule has 2 atom stereocenters. The van der Waals surface area contributed by atoms with Crippen LogP contribution < -0.4 is 5.32 Å². The topological polar surface area (TPSA) is 32.3 Å². The summed E-state index contributed by atoms with van der Waals surface area (Å²) in [5, 5.41) is 6.03. The second-order valence-electron chi connectivity index (χ2n) is 7.59. The molecule has 2 aromatic rings. The van der Waals surface area contributed by atoms with Crippen LogP contribution in [0.4, 0.5) is 0 Å². The number of likely N-dealkylation sites (tertiary alicyclic amines) is 1. The molecule has 4 heteroatoms. The normalized spacial score (nSPS) is 22.9. The van der Waals surface area contributed by atoms with Crippen molar-refractivity contribution >= 4 is 29.1 Å². The lowest BCUT2D eigenvalue weighted by molar-refractivity contribution is -0.134. The molecular weight excluding hydrogens is 344 g/mol. The van der Waals surface area contributed by atoms with E-state index in [0.29, 0.717) is 11.8 Å². The smallest absolute Gasteiger partial charge is 0.226 e. The Bertz CT molecular complexity index is 749. The number of amides is 1. The van der Waals surface area contributed by atoms with Crippen LogP contribution in [0.15, 0.2) is 42.5 Å². The predicted octanol–water partition coefficient (Wildman–Crippen LogP) is 4.21. The number of halogens is 1. The zero-order valence-electron chi connectivity index (χ0n) is 15.5. The van der Waals surface area contributed by atoms with Crippen LogP contribution in [0, 0.1) is 11.8 Å². The molecule has 1 aliphatic heterocycles. The fourth-order valence-corrected chi connectivity index (χ4v) is 4.33. The minimum Gasteiger partial charge on any atom is -0.342 e. The molecule has 1 amide bonds. The summed E-state index contributed by atoms with van der Waals surface area (Å²) < 4.78 is 0. The zero-order chi connectivity index (χ0) is 17.2. The van der Waals surface area contributed by atoms with Gasteiger partial charge in [-0.15, -0.1) is 12.4 Å². The fourth-order valence-electron chi connectivity index (χ4n) is 4.33. The number of piperidine rings is 1. The van der Waals surface area contributed by atoms with Gasteiger partial charge in [0.1, 0.15) is 0 Å². The SMILES string of the molecule is CCNCC1CCN(C(=O)C2CC2c2cccc3ccccc23)CC1.Cl. The van der Waals surface area contributed by atoms with Crippen molar-refractivity contribution in [1.29, 1.82) is 0 Å². The summed E-state index contributed by atoms with van der Waals surface area (Å²) in [6.07, 6.45) is 3.30. The number of nitrogens with one attached hydrogen (secondary N) is 1. The van der Waals surface area contributed by atoms with Crippen molar-refractivity contribution in [2.24, 2.45) is 11.8 Å². The van der Waals surface area contributed by atoms with Gasteiger partial charge >= 0.3 is 0 Å². The first-order valence-corrected chi connectivity index (χ1v) is 9.75. The van der Waals surface area contributed by atoms with Crippen molar-refractivity contribution < 1.29 is 4.79 Å². The molecule has 26 heavy (non-hydrogen) atoms. The number of nitrogens with zero attached hydrogens (tertiary/aromatic N) is 1. The summed E-state index contributed by atoms with van der Waals surface area (Å²) in [6, 6.07) is 15.0. The van der Waals surface area contributed by atoms with E-state index in [1.807, 2.05) is 0 Å². The Balaban J connectivity index is 0.00000196. The molecule has 0 bridgehead atoms. The van der Waals surface area contributed by atoms with Crippen molar-refractivity contribution in [2.75, 3.05) is 26.2 Å². The van der Waals surface area contributed by atoms with Crippen molar-refractivity contribution in [1.82, 2.24) is 10.2 Å². The van der Waals surface area contributed by atoms with E-state index in [0.717, 1.165) is 51.4 Å². The van der Waals surface area contributed by atoms with Gasteiger partial charge in [0.05, 0.1) is 0 Å². The average molecular weight is 373 g/mol. The molecule has 0 aromatic heterocycles. The van der Waals surface area contributed by atoms with E-state index in [9.17, 15) is 4.79 Å². The Morgan fingerprint density at radius 1 is 1.12 bits per heavy atom. The first-order valence-electron chi connectivity index (χ1n) is 9.75. The number of hydrogen-bond acceptors (Lipinski definition) is 2. The van der Waals surface area contributed by atoms with Gasteiger partial charge < -0.3 is 10.2 Å². The monoisotopic (exact) mass is 372 g/mol. The first-order chi connectivity index (χ1) is 12.3. The highest BCUT2D eigenvalue weighted by Gasteiger charge is 2.46. The standard InChI is InChI=1S/C22H28N2O.ClH/c1-2-23-15-16-10-12-24(13-11-16)22(25)21-14-20(21)19-9-5-7-17-6-3-4-8-18(17)19;/h3-9,16,20-21,23H,2,10-15H2,1H3;1H.